The van der Waals surface area contributed by atoms with E-state index in [1.165, 1.54) is 36.6 Å². The lowest BCUT2D eigenvalue weighted by Gasteiger charge is -2.21. The third-order valence-corrected chi connectivity index (χ3v) is 5.32. The molecule has 3 N–H and O–H groups in total. The van der Waals surface area contributed by atoms with Gasteiger partial charge in [0.15, 0.2) is 11.6 Å². The van der Waals surface area contributed by atoms with Gasteiger partial charge in [-0.2, -0.15) is 0 Å². The van der Waals surface area contributed by atoms with Gasteiger partial charge in [-0.1, -0.05) is 0 Å². The molecule has 0 fully saturated rings. The number of halogens is 1. The van der Waals surface area contributed by atoms with Crippen molar-refractivity contribution in [3.8, 4) is 11.6 Å². The van der Waals surface area contributed by atoms with E-state index in [1.807, 2.05) is 13.0 Å². The molecule has 0 aromatic carbocycles. The Kier molecular flexibility index (Phi) is 3.74. The summed E-state index contributed by atoms with van der Waals surface area (Å²) in [6, 6.07) is 7.98. The summed E-state index contributed by atoms with van der Waals surface area (Å²) in [5.41, 5.74) is 4.39. The number of furan rings is 1. The van der Waals surface area contributed by atoms with E-state index in [1.54, 1.807) is 12.1 Å². The van der Waals surface area contributed by atoms with Crippen LogP contribution >= 0.6 is 11.3 Å². The number of hydrogen-bond donors (Lipinski definition) is 2. The van der Waals surface area contributed by atoms with Crippen LogP contribution < -0.4 is 5.73 Å². The molecular formula is C18H15FN4O2S. The van der Waals surface area contributed by atoms with E-state index >= 15 is 0 Å². The Morgan fingerprint density at radius 2 is 2.08 bits per heavy atom. The zero-order valence-electron chi connectivity index (χ0n) is 14.0. The topological polar surface area (TPSA) is 98.1 Å². The molecule has 0 saturated carbocycles. The van der Waals surface area contributed by atoms with Crippen molar-refractivity contribution in [2.24, 2.45) is 0 Å². The van der Waals surface area contributed by atoms with Crippen molar-refractivity contribution in [1.82, 2.24) is 15.0 Å². The molecule has 6 nitrogen and oxygen atoms in total. The fourth-order valence-corrected chi connectivity index (χ4v) is 3.79. The number of hydrogen-bond acceptors (Lipinski definition) is 7. The minimum atomic E-state index is -1.62. The second-order valence-electron chi connectivity index (χ2n) is 6.08. The molecule has 0 amide bonds. The molecule has 4 rings (SSSR count). The molecule has 0 bridgehead atoms. The van der Waals surface area contributed by atoms with Gasteiger partial charge in [0, 0.05) is 11.1 Å². The van der Waals surface area contributed by atoms with E-state index in [9.17, 15) is 9.50 Å². The zero-order chi connectivity index (χ0) is 18.5. The number of pyridine rings is 1. The molecule has 0 aliphatic carbocycles. The van der Waals surface area contributed by atoms with E-state index < -0.39 is 11.4 Å². The first-order valence-corrected chi connectivity index (χ1v) is 8.65. The van der Waals surface area contributed by atoms with Gasteiger partial charge >= 0.3 is 0 Å². The molecule has 0 radical (unpaired) electrons. The molecule has 0 saturated heterocycles. The van der Waals surface area contributed by atoms with E-state index in [2.05, 4.69) is 15.0 Å². The molecule has 1 unspecified atom stereocenters. The van der Waals surface area contributed by atoms with Crippen molar-refractivity contribution in [1.29, 1.82) is 0 Å². The van der Waals surface area contributed by atoms with Gasteiger partial charge in [0.2, 0.25) is 0 Å². The number of rotatable bonds is 3. The maximum absolute atomic E-state index is 14.1. The van der Waals surface area contributed by atoms with Gasteiger partial charge in [0.05, 0.1) is 5.39 Å². The number of nitrogens with two attached hydrogens (primary N) is 1. The van der Waals surface area contributed by atoms with Crippen LogP contribution in [-0.4, -0.2) is 20.1 Å². The highest BCUT2D eigenvalue weighted by atomic mass is 32.1. The van der Waals surface area contributed by atoms with Gasteiger partial charge in [-0.3, -0.25) is 4.98 Å². The number of nitrogen functional groups attached to an aromatic ring is 1. The minimum absolute atomic E-state index is 0.0556. The van der Waals surface area contributed by atoms with Crippen molar-refractivity contribution in [2.75, 3.05) is 5.73 Å². The fraction of sp³-hybridized carbons (Fsp3) is 0.167. The van der Waals surface area contributed by atoms with Gasteiger partial charge in [-0.25, -0.2) is 14.4 Å². The molecule has 8 heteroatoms. The first-order valence-electron chi connectivity index (χ1n) is 7.84. The number of aliphatic hydroxyl groups is 1. The summed E-state index contributed by atoms with van der Waals surface area (Å²) < 4.78 is 19.7. The molecule has 132 valence electrons. The molecule has 0 aliphatic rings. The van der Waals surface area contributed by atoms with Gasteiger partial charge in [-0.05, 0) is 44.2 Å². The van der Waals surface area contributed by atoms with Gasteiger partial charge in [0.1, 0.15) is 33.5 Å². The van der Waals surface area contributed by atoms with Crippen LogP contribution in [0.5, 0.6) is 0 Å². The fourth-order valence-electron chi connectivity index (χ4n) is 2.71. The van der Waals surface area contributed by atoms with Crippen LogP contribution in [0, 0.1) is 12.7 Å². The first kappa shape index (κ1) is 16.6. The third-order valence-electron chi connectivity index (χ3n) is 4.08. The van der Waals surface area contributed by atoms with Crippen LogP contribution in [0.15, 0.2) is 40.9 Å². The van der Waals surface area contributed by atoms with Crippen molar-refractivity contribution in [3.05, 3.63) is 58.7 Å². The predicted octanol–water partition coefficient (Wildman–Crippen LogP) is 3.63. The molecule has 0 spiro atoms. The summed E-state index contributed by atoms with van der Waals surface area (Å²) in [5.74, 6) is 1.29. The Balaban J connectivity index is 1.85. The number of anilines is 1. The van der Waals surface area contributed by atoms with E-state index in [4.69, 9.17) is 10.2 Å². The van der Waals surface area contributed by atoms with Gasteiger partial charge in [0.25, 0.3) is 0 Å². The number of thiophene rings is 1. The van der Waals surface area contributed by atoms with Crippen molar-refractivity contribution in [2.45, 2.75) is 19.4 Å². The molecule has 4 aromatic rings. The second-order valence-corrected chi connectivity index (χ2v) is 7.11. The van der Waals surface area contributed by atoms with Crippen molar-refractivity contribution < 1.29 is 13.9 Å². The summed E-state index contributed by atoms with van der Waals surface area (Å²) in [4.78, 5) is 13.8. The highest BCUT2D eigenvalue weighted by Gasteiger charge is 2.33. The molecule has 4 aromatic heterocycles. The zero-order valence-corrected chi connectivity index (χ0v) is 14.8. The standard InChI is InChI=1S/C18H15FN4O2S/c1-9-5-6-12(25-9)16-22-15(20)10-8-13(26-17(10)23-16)18(2,24)14-11(19)4-3-7-21-14/h3-8,24H,1-2H3,(H2,20,22,23). The van der Waals surface area contributed by atoms with Crippen LogP contribution in [-0.2, 0) is 5.60 Å². The quantitative estimate of drug-likeness (QED) is 0.571. The molecule has 0 aliphatic heterocycles. The maximum Gasteiger partial charge on any atom is 0.199 e. The number of fused-ring (bicyclic) bond motifs is 1. The maximum atomic E-state index is 14.1. The van der Waals surface area contributed by atoms with Gasteiger partial charge in [-0.15, -0.1) is 11.3 Å². The summed E-state index contributed by atoms with van der Waals surface area (Å²) in [7, 11) is 0. The minimum Gasteiger partial charge on any atom is -0.458 e. The molecule has 4 heterocycles. The van der Waals surface area contributed by atoms with Crippen LogP contribution in [0.2, 0.25) is 0 Å². The van der Waals surface area contributed by atoms with Crippen LogP contribution in [0.1, 0.15) is 23.3 Å². The summed E-state index contributed by atoms with van der Waals surface area (Å²) in [6.45, 7) is 3.32. The highest BCUT2D eigenvalue weighted by Crippen LogP contribution is 2.38. The van der Waals surface area contributed by atoms with Crippen molar-refractivity contribution in [3.63, 3.8) is 0 Å². The third kappa shape index (κ3) is 2.63. The SMILES string of the molecule is Cc1ccc(-c2nc(N)c3cc(C(C)(O)c4ncccc4F)sc3n2)o1. The number of aromatic nitrogens is 3. The second kappa shape index (κ2) is 5.86. The van der Waals surface area contributed by atoms with Crippen LogP contribution in [0.3, 0.4) is 0 Å². The Labute approximate surface area is 152 Å². The monoisotopic (exact) mass is 370 g/mol. The summed E-state index contributed by atoms with van der Waals surface area (Å²) in [6.07, 6.45) is 1.44. The smallest absolute Gasteiger partial charge is 0.199 e. The van der Waals surface area contributed by atoms with Crippen molar-refractivity contribution >= 4 is 27.4 Å². The first-order chi connectivity index (χ1) is 12.4. The molecule has 1 atom stereocenters. The summed E-state index contributed by atoms with van der Waals surface area (Å²) >= 11 is 1.21. The lowest BCUT2D eigenvalue weighted by Crippen LogP contribution is -2.24. The average molecular weight is 370 g/mol. The van der Waals surface area contributed by atoms with E-state index in [0.29, 0.717) is 26.7 Å². The summed E-state index contributed by atoms with van der Waals surface area (Å²) in [5, 5.41) is 11.5. The lowest BCUT2D eigenvalue weighted by atomic mass is 9.99. The average Bonchev–Trinajstić information content (AvgIpc) is 3.22. The lowest BCUT2D eigenvalue weighted by molar-refractivity contribution is 0.0967. The largest absolute Gasteiger partial charge is 0.458 e. The van der Waals surface area contributed by atoms with Crippen LogP contribution in [0.25, 0.3) is 21.8 Å². The normalized spacial score (nSPS) is 13.8. The predicted molar refractivity (Wildman–Crippen MR) is 97.1 cm³/mol. The van der Waals surface area contributed by atoms with E-state index in [0.717, 1.165) is 5.76 Å². The highest BCUT2D eigenvalue weighted by molar-refractivity contribution is 7.18. The number of nitrogens with zero attached hydrogens (tertiary/aromatic N) is 3. The molecular weight excluding hydrogens is 355 g/mol. The number of aryl methyl sites for hydroxylation is 1. The molecule has 26 heavy (non-hydrogen) atoms. The Hall–Kier alpha value is -2.84. The Bertz CT molecular complexity index is 1120. The van der Waals surface area contributed by atoms with E-state index in [-0.39, 0.29) is 11.5 Å². The Morgan fingerprint density at radius 1 is 1.27 bits per heavy atom. The Morgan fingerprint density at radius 3 is 2.77 bits per heavy atom. The van der Waals surface area contributed by atoms with Gasteiger partial charge < -0.3 is 15.3 Å². The van der Waals surface area contributed by atoms with Crippen LogP contribution in [0.4, 0.5) is 10.2 Å².